The molecule has 0 rings (SSSR count). The molecule has 0 aromatic rings. The van der Waals surface area contributed by atoms with Gasteiger partial charge in [0, 0.05) is 19.8 Å². The lowest BCUT2D eigenvalue weighted by molar-refractivity contribution is -0.0837. The van der Waals surface area contributed by atoms with Gasteiger partial charge in [-0.3, -0.25) is 0 Å². The molecule has 0 radical (unpaired) electrons. The molecule has 3 N–H and O–H groups in total. The van der Waals surface area contributed by atoms with Gasteiger partial charge in [-0.2, -0.15) is 0 Å². The van der Waals surface area contributed by atoms with Crippen molar-refractivity contribution < 1.29 is 14.6 Å². The molecular formula is C10H25NO3Si. The fraction of sp³-hybridized carbons (Fsp3) is 1.00. The minimum Gasteiger partial charge on any atom is -0.396 e. The van der Waals surface area contributed by atoms with E-state index in [1.165, 1.54) is 0 Å². The Morgan fingerprint density at radius 3 is 2.27 bits per heavy atom. The number of rotatable bonds is 10. The fourth-order valence-electron chi connectivity index (χ4n) is 1.52. The maximum atomic E-state index is 9.22. The highest BCUT2D eigenvalue weighted by Gasteiger charge is 2.16. The van der Waals surface area contributed by atoms with E-state index >= 15 is 0 Å². The normalized spacial score (nSPS) is 14.2. The first-order chi connectivity index (χ1) is 7.28. The summed E-state index contributed by atoms with van der Waals surface area (Å²) < 4.78 is 11.0. The summed E-state index contributed by atoms with van der Waals surface area (Å²) in [7, 11) is -0.553. The monoisotopic (exact) mass is 235 g/mol. The van der Waals surface area contributed by atoms with Crippen LogP contribution in [-0.4, -0.2) is 46.9 Å². The van der Waals surface area contributed by atoms with Crippen molar-refractivity contribution in [3.8, 4) is 0 Å². The Labute approximate surface area is 95.0 Å². The SMILES string of the molecule is CCOC(OCC)[SiH2]C(CO)CCCN. The first kappa shape index (κ1) is 15.1. The predicted molar refractivity (Wildman–Crippen MR) is 64.7 cm³/mol. The molecule has 1 unspecified atom stereocenters. The summed E-state index contributed by atoms with van der Waals surface area (Å²) in [5, 5.41) is 9.22. The standard InChI is InChI=1S/C10H25NO3Si/c1-3-13-10(14-4-2)15-9(8-12)6-5-7-11/h9-10,12H,3-8,11,15H2,1-2H3. The molecule has 0 aliphatic rings. The summed E-state index contributed by atoms with van der Waals surface area (Å²) >= 11 is 0. The van der Waals surface area contributed by atoms with Gasteiger partial charge in [-0.25, -0.2) is 0 Å². The second-order valence-corrected chi connectivity index (χ2v) is 5.85. The Hall–Kier alpha value is 0.0569. The molecule has 4 nitrogen and oxygen atoms in total. The van der Waals surface area contributed by atoms with Crippen molar-refractivity contribution in [1.82, 2.24) is 0 Å². The van der Waals surface area contributed by atoms with Gasteiger partial charge in [0.1, 0.15) is 5.91 Å². The van der Waals surface area contributed by atoms with Gasteiger partial charge in [-0.05, 0) is 38.8 Å². The Balaban J connectivity index is 3.85. The van der Waals surface area contributed by atoms with E-state index in [-0.39, 0.29) is 12.5 Å². The highest BCUT2D eigenvalue weighted by atomic mass is 28.2. The Morgan fingerprint density at radius 1 is 1.27 bits per heavy atom. The number of ether oxygens (including phenoxy) is 2. The average Bonchev–Trinajstić information content (AvgIpc) is 2.24. The second-order valence-electron chi connectivity index (χ2n) is 3.56. The van der Waals surface area contributed by atoms with E-state index < -0.39 is 9.52 Å². The van der Waals surface area contributed by atoms with Gasteiger partial charge in [-0.15, -0.1) is 0 Å². The summed E-state index contributed by atoms with van der Waals surface area (Å²) in [6.07, 6.45) is 1.97. The molecule has 0 spiro atoms. The van der Waals surface area contributed by atoms with Crippen molar-refractivity contribution in [3.63, 3.8) is 0 Å². The third-order valence-corrected chi connectivity index (χ3v) is 4.50. The van der Waals surface area contributed by atoms with Gasteiger partial charge in [-0.1, -0.05) is 0 Å². The molecule has 0 bridgehead atoms. The van der Waals surface area contributed by atoms with Crippen LogP contribution < -0.4 is 5.73 Å². The van der Waals surface area contributed by atoms with Crippen LogP contribution in [0.5, 0.6) is 0 Å². The zero-order valence-electron chi connectivity index (χ0n) is 9.95. The Bertz CT molecular complexity index is 132. The van der Waals surface area contributed by atoms with Gasteiger partial charge in [0.2, 0.25) is 0 Å². The minimum atomic E-state index is -0.553. The fourth-order valence-corrected chi connectivity index (χ4v) is 3.48. The maximum Gasteiger partial charge on any atom is 0.135 e. The van der Waals surface area contributed by atoms with Crippen LogP contribution in [0.25, 0.3) is 0 Å². The van der Waals surface area contributed by atoms with Crippen LogP contribution >= 0.6 is 0 Å². The largest absolute Gasteiger partial charge is 0.396 e. The van der Waals surface area contributed by atoms with Crippen molar-refractivity contribution in [2.45, 2.75) is 38.1 Å². The molecule has 0 heterocycles. The van der Waals surface area contributed by atoms with Crippen molar-refractivity contribution in [3.05, 3.63) is 0 Å². The lowest BCUT2D eigenvalue weighted by Gasteiger charge is -2.21. The summed E-state index contributed by atoms with van der Waals surface area (Å²) in [5.74, 6) is -0.0464. The summed E-state index contributed by atoms with van der Waals surface area (Å²) in [6, 6.07) is 0. The van der Waals surface area contributed by atoms with Gasteiger partial charge in [0.25, 0.3) is 0 Å². The Kier molecular flexibility index (Phi) is 10.6. The smallest absolute Gasteiger partial charge is 0.135 e. The minimum absolute atomic E-state index is 0.0464. The summed E-state index contributed by atoms with van der Waals surface area (Å²) in [6.45, 7) is 6.21. The quantitative estimate of drug-likeness (QED) is 0.414. The molecule has 92 valence electrons. The van der Waals surface area contributed by atoms with Crippen molar-refractivity contribution in [2.75, 3.05) is 26.4 Å². The van der Waals surface area contributed by atoms with Crippen LogP contribution in [0.4, 0.5) is 0 Å². The van der Waals surface area contributed by atoms with Crippen LogP contribution in [0.2, 0.25) is 5.54 Å². The number of hydrogen-bond acceptors (Lipinski definition) is 4. The van der Waals surface area contributed by atoms with E-state index in [1.807, 2.05) is 13.8 Å². The van der Waals surface area contributed by atoms with E-state index in [0.29, 0.717) is 25.3 Å². The zero-order chi connectivity index (χ0) is 11.5. The van der Waals surface area contributed by atoms with E-state index in [0.717, 1.165) is 12.8 Å². The van der Waals surface area contributed by atoms with Crippen molar-refractivity contribution >= 4 is 9.52 Å². The van der Waals surface area contributed by atoms with Gasteiger partial charge in [0.05, 0.1) is 9.52 Å². The highest BCUT2D eigenvalue weighted by molar-refractivity contribution is 6.38. The lowest BCUT2D eigenvalue weighted by atomic mass is 10.2. The number of aliphatic hydroxyl groups excluding tert-OH is 1. The van der Waals surface area contributed by atoms with Crippen LogP contribution in [-0.2, 0) is 9.47 Å². The first-order valence-electron chi connectivity index (χ1n) is 5.82. The van der Waals surface area contributed by atoms with Crippen LogP contribution in [0.1, 0.15) is 26.7 Å². The van der Waals surface area contributed by atoms with Gasteiger partial charge >= 0.3 is 0 Å². The lowest BCUT2D eigenvalue weighted by Crippen LogP contribution is -2.29. The number of hydrogen-bond donors (Lipinski definition) is 2. The van der Waals surface area contributed by atoms with Gasteiger partial charge in [0.15, 0.2) is 0 Å². The molecule has 15 heavy (non-hydrogen) atoms. The van der Waals surface area contributed by atoms with E-state index in [9.17, 15) is 5.11 Å². The van der Waals surface area contributed by atoms with E-state index in [4.69, 9.17) is 15.2 Å². The molecule has 0 saturated carbocycles. The molecular weight excluding hydrogens is 210 g/mol. The molecule has 0 fully saturated rings. The predicted octanol–water partition coefficient (Wildman–Crippen LogP) is 0.0315. The van der Waals surface area contributed by atoms with E-state index in [2.05, 4.69) is 0 Å². The molecule has 0 aliphatic carbocycles. The molecule has 0 aromatic heterocycles. The average molecular weight is 235 g/mol. The third-order valence-electron chi connectivity index (χ3n) is 2.31. The number of aliphatic hydroxyl groups is 1. The number of nitrogens with two attached hydrogens (primary N) is 1. The molecule has 0 amide bonds. The second kappa shape index (κ2) is 10.6. The molecule has 1 atom stereocenters. The molecule has 0 aliphatic heterocycles. The van der Waals surface area contributed by atoms with Crippen LogP contribution in [0, 0.1) is 0 Å². The third kappa shape index (κ3) is 7.93. The zero-order valence-corrected chi connectivity index (χ0v) is 11.4. The van der Waals surface area contributed by atoms with Crippen LogP contribution in [0.3, 0.4) is 0 Å². The van der Waals surface area contributed by atoms with Gasteiger partial charge < -0.3 is 20.3 Å². The van der Waals surface area contributed by atoms with Crippen molar-refractivity contribution in [1.29, 1.82) is 0 Å². The maximum absolute atomic E-state index is 9.22. The Morgan fingerprint density at radius 2 is 1.87 bits per heavy atom. The summed E-state index contributed by atoms with van der Waals surface area (Å²) in [4.78, 5) is 0. The van der Waals surface area contributed by atoms with E-state index in [1.54, 1.807) is 0 Å². The highest BCUT2D eigenvalue weighted by Crippen LogP contribution is 2.13. The molecule has 0 saturated heterocycles. The molecule has 0 aromatic carbocycles. The first-order valence-corrected chi connectivity index (χ1v) is 7.45. The topological polar surface area (TPSA) is 64.7 Å². The van der Waals surface area contributed by atoms with Crippen molar-refractivity contribution in [2.24, 2.45) is 5.73 Å². The van der Waals surface area contributed by atoms with Crippen LogP contribution in [0.15, 0.2) is 0 Å². The summed E-state index contributed by atoms with van der Waals surface area (Å²) in [5.41, 5.74) is 5.82. The molecule has 5 heteroatoms.